The van der Waals surface area contributed by atoms with Crippen molar-refractivity contribution in [3.63, 3.8) is 0 Å². The second-order valence-electron chi connectivity index (χ2n) is 6.14. The molecule has 0 heterocycles. The summed E-state index contributed by atoms with van der Waals surface area (Å²) in [4.78, 5) is 12.0. The molecule has 0 bridgehead atoms. The third kappa shape index (κ3) is 3.99. The Labute approximate surface area is 129 Å². The van der Waals surface area contributed by atoms with Crippen molar-refractivity contribution in [3.8, 4) is 0 Å². The van der Waals surface area contributed by atoms with Gasteiger partial charge in [-0.15, -0.1) is 0 Å². The molecule has 1 aliphatic carbocycles. The first-order valence-corrected chi connectivity index (χ1v) is 7.29. The number of halogens is 1. The summed E-state index contributed by atoms with van der Waals surface area (Å²) in [5, 5.41) is 11.5. The Balaban J connectivity index is 2.14. The summed E-state index contributed by atoms with van der Waals surface area (Å²) < 4.78 is 5.20. The number of hydrogen-bond donors (Lipinski definition) is 1. The number of ether oxygens (including phenoxy) is 1. The van der Waals surface area contributed by atoms with Crippen LogP contribution in [0, 0.1) is 0 Å². The fourth-order valence-corrected chi connectivity index (χ4v) is 2.58. The van der Waals surface area contributed by atoms with Crippen molar-refractivity contribution in [2.75, 3.05) is 0 Å². The highest BCUT2D eigenvalue weighted by molar-refractivity contribution is 6.30. The van der Waals surface area contributed by atoms with Crippen molar-refractivity contribution in [3.05, 3.63) is 47.0 Å². The van der Waals surface area contributed by atoms with E-state index in [2.05, 4.69) is 0 Å². The quantitative estimate of drug-likeness (QED) is 0.501. The van der Waals surface area contributed by atoms with Gasteiger partial charge in [-0.1, -0.05) is 35.9 Å². The largest absolute Gasteiger partial charge is 0.442 e. The van der Waals surface area contributed by atoms with Crippen LogP contribution in [0.1, 0.15) is 38.7 Å². The highest BCUT2D eigenvalue weighted by atomic mass is 35.5. The number of hydroxylamine groups is 2. The molecular weight excluding hydrogens is 290 g/mol. The molecule has 1 aromatic carbocycles. The zero-order valence-electron chi connectivity index (χ0n) is 12.4. The summed E-state index contributed by atoms with van der Waals surface area (Å²) in [7, 11) is 0. The standard InChI is InChI=1S/C16H20ClNO3/c1-16(2,3)21-15(19)18(20)14-9-5-8-13(14)11-6-4-7-12(17)10-11/h4-8,10,13-14,20H,9H2,1-3H3/t13-,14+/m1/s1. The Morgan fingerprint density at radius 1 is 1.43 bits per heavy atom. The van der Waals surface area contributed by atoms with Crippen molar-refractivity contribution in [1.29, 1.82) is 0 Å². The number of benzene rings is 1. The molecule has 0 radical (unpaired) electrons. The predicted molar refractivity (Wildman–Crippen MR) is 81.6 cm³/mol. The summed E-state index contributed by atoms with van der Waals surface area (Å²) >= 11 is 6.01. The van der Waals surface area contributed by atoms with Crippen LogP contribution in [0.5, 0.6) is 0 Å². The topological polar surface area (TPSA) is 49.8 Å². The van der Waals surface area contributed by atoms with Crippen LogP contribution in [0.4, 0.5) is 4.79 Å². The van der Waals surface area contributed by atoms with Gasteiger partial charge in [0.15, 0.2) is 0 Å². The van der Waals surface area contributed by atoms with E-state index in [4.69, 9.17) is 16.3 Å². The van der Waals surface area contributed by atoms with Crippen LogP contribution in [0.25, 0.3) is 0 Å². The molecule has 2 rings (SSSR count). The normalized spacial score (nSPS) is 21.4. The number of carbonyl (C=O) groups excluding carboxylic acids is 1. The highest BCUT2D eigenvalue weighted by Gasteiger charge is 2.34. The Hall–Kier alpha value is -1.52. The fraction of sp³-hybridized carbons (Fsp3) is 0.438. The number of amides is 1. The molecule has 114 valence electrons. The van der Waals surface area contributed by atoms with E-state index in [0.29, 0.717) is 16.5 Å². The average molecular weight is 310 g/mol. The Morgan fingerprint density at radius 3 is 2.76 bits per heavy atom. The van der Waals surface area contributed by atoms with Crippen molar-refractivity contribution in [1.82, 2.24) is 5.06 Å². The molecule has 0 aromatic heterocycles. The summed E-state index contributed by atoms with van der Waals surface area (Å²) in [5.74, 6) is -0.0961. The van der Waals surface area contributed by atoms with Crippen LogP contribution < -0.4 is 0 Å². The Kier molecular flexibility index (Phi) is 4.59. The molecule has 0 saturated carbocycles. The van der Waals surface area contributed by atoms with Crippen molar-refractivity contribution < 1.29 is 14.7 Å². The molecule has 0 spiro atoms. The minimum atomic E-state index is -0.733. The van der Waals surface area contributed by atoms with Crippen LogP contribution in [0.15, 0.2) is 36.4 Å². The van der Waals surface area contributed by atoms with Gasteiger partial charge in [-0.25, -0.2) is 4.79 Å². The lowest BCUT2D eigenvalue weighted by Gasteiger charge is -2.30. The van der Waals surface area contributed by atoms with Crippen LogP contribution in [0.2, 0.25) is 5.02 Å². The third-order valence-electron chi connectivity index (χ3n) is 3.26. The molecule has 4 nitrogen and oxygen atoms in total. The van der Waals surface area contributed by atoms with Crippen LogP contribution in [-0.2, 0) is 4.74 Å². The predicted octanol–water partition coefficient (Wildman–Crippen LogP) is 4.38. The van der Waals surface area contributed by atoms with E-state index >= 15 is 0 Å². The SMILES string of the molecule is CC(C)(C)OC(=O)N(O)[C@H]1CC=C[C@@H]1c1cccc(Cl)c1. The third-order valence-corrected chi connectivity index (χ3v) is 3.50. The van der Waals surface area contributed by atoms with E-state index in [0.717, 1.165) is 5.56 Å². The fourth-order valence-electron chi connectivity index (χ4n) is 2.38. The van der Waals surface area contributed by atoms with E-state index in [9.17, 15) is 10.0 Å². The molecule has 1 aromatic rings. The lowest BCUT2D eigenvalue weighted by Crippen LogP contribution is -2.42. The lowest BCUT2D eigenvalue weighted by atomic mass is 9.94. The molecular formula is C16H20ClNO3. The van der Waals surface area contributed by atoms with Crippen LogP contribution in [0.3, 0.4) is 0 Å². The van der Waals surface area contributed by atoms with Crippen molar-refractivity contribution in [2.45, 2.75) is 44.8 Å². The van der Waals surface area contributed by atoms with Crippen LogP contribution >= 0.6 is 11.6 Å². The molecule has 0 aliphatic heterocycles. The van der Waals surface area contributed by atoms with Crippen molar-refractivity contribution in [2.24, 2.45) is 0 Å². The van der Waals surface area contributed by atoms with E-state index in [1.54, 1.807) is 26.8 Å². The zero-order chi connectivity index (χ0) is 15.6. The number of carbonyl (C=O) groups is 1. The zero-order valence-corrected chi connectivity index (χ0v) is 13.2. The van der Waals surface area contributed by atoms with Gasteiger partial charge in [0.05, 0.1) is 6.04 Å². The van der Waals surface area contributed by atoms with Gasteiger partial charge in [0.25, 0.3) is 0 Å². The van der Waals surface area contributed by atoms with Gasteiger partial charge in [0, 0.05) is 10.9 Å². The molecule has 0 fully saturated rings. The van der Waals surface area contributed by atoms with Gasteiger partial charge >= 0.3 is 6.09 Å². The minimum absolute atomic E-state index is 0.0961. The van der Waals surface area contributed by atoms with Gasteiger partial charge in [-0.05, 0) is 44.9 Å². The van der Waals surface area contributed by atoms with E-state index < -0.39 is 11.7 Å². The van der Waals surface area contributed by atoms with E-state index in [1.165, 1.54) is 0 Å². The average Bonchev–Trinajstić information content (AvgIpc) is 2.84. The second kappa shape index (κ2) is 6.08. The molecule has 2 atom stereocenters. The maximum absolute atomic E-state index is 12.0. The molecule has 5 heteroatoms. The first kappa shape index (κ1) is 15.9. The summed E-state index contributed by atoms with van der Waals surface area (Å²) in [5.41, 5.74) is 0.319. The Morgan fingerprint density at radius 2 is 2.14 bits per heavy atom. The van der Waals surface area contributed by atoms with E-state index in [1.807, 2.05) is 30.4 Å². The highest BCUT2D eigenvalue weighted by Crippen LogP contribution is 2.33. The molecule has 1 amide bonds. The first-order valence-electron chi connectivity index (χ1n) is 6.91. The molecule has 0 saturated heterocycles. The number of nitrogens with zero attached hydrogens (tertiary/aromatic N) is 1. The van der Waals surface area contributed by atoms with Gasteiger partial charge in [0.2, 0.25) is 0 Å². The van der Waals surface area contributed by atoms with Gasteiger partial charge in [0.1, 0.15) is 5.60 Å². The Bertz CT molecular complexity index is 551. The van der Waals surface area contributed by atoms with E-state index in [-0.39, 0.29) is 12.0 Å². The number of rotatable bonds is 2. The van der Waals surface area contributed by atoms with Gasteiger partial charge in [-0.3, -0.25) is 5.21 Å². The first-order chi connectivity index (χ1) is 9.78. The summed E-state index contributed by atoms with van der Waals surface area (Å²) in [6.07, 6.45) is 3.77. The monoisotopic (exact) mass is 309 g/mol. The van der Waals surface area contributed by atoms with Crippen molar-refractivity contribution >= 4 is 17.7 Å². The molecule has 21 heavy (non-hydrogen) atoms. The second-order valence-corrected chi connectivity index (χ2v) is 6.57. The molecule has 1 N–H and O–H groups in total. The molecule has 0 unspecified atom stereocenters. The maximum atomic E-state index is 12.0. The molecule has 1 aliphatic rings. The lowest BCUT2D eigenvalue weighted by molar-refractivity contribution is -0.120. The summed E-state index contributed by atoms with van der Waals surface area (Å²) in [6, 6.07) is 7.05. The smallest absolute Gasteiger partial charge is 0.434 e. The minimum Gasteiger partial charge on any atom is -0.442 e. The maximum Gasteiger partial charge on any atom is 0.434 e. The van der Waals surface area contributed by atoms with Gasteiger partial charge < -0.3 is 4.74 Å². The number of hydrogen-bond acceptors (Lipinski definition) is 3. The van der Waals surface area contributed by atoms with Gasteiger partial charge in [-0.2, -0.15) is 5.06 Å². The summed E-state index contributed by atoms with van der Waals surface area (Å²) in [6.45, 7) is 5.29. The van der Waals surface area contributed by atoms with Crippen LogP contribution in [-0.4, -0.2) is 28.0 Å².